The number of hydrogen-bond acceptors (Lipinski definition) is 5. The van der Waals surface area contributed by atoms with E-state index in [0.29, 0.717) is 72.0 Å². The van der Waals surface area contributed by atoms with Gasteiger partial charge in [0.15, 0.2) is 0 Å². The summed E-state index contributed by atoms with van der Waals surface area (Å²) in [6.07, 6.45) is -4.81. The Labute approximate surface area is 363 Å². The van der Waals surface area contributed by atoms with Gasteiger partial charge in [0.25, 0.3) is 0 Å². The molecule has 0 saturated heterocycles. The first kappa shape index (κ1) is 38.8. The van der Waals surface area contributed by atoms with E-state index in [1.807, 2.05) is 65.2 Å². The molecule has 2 aromatic heterocycles. The van der Waals surface area contributed by atoms with Crippen molar-refractivity contribution in [1.82, 2.24) is 9.13 Å². The maximum Gasteiger partial charge on any atom is 0.418 e. The average Bonchev–Trinajstić information content (AvgIpc) is 3.84. The van der Waals surface area contributed by atoms with Crippen LogP contribution < -0.4 is 0 Å². The Bertz CT molecular complexity index is 3790. The molecule has 298 valence electrons. The van der Waals surface area contributed by atoms with E-state index < -0.39 is 11.7 Å². The smallest absolute Gasteiger partial charge is 0.309 e. The standard InChI is InChI=1S/C54H26F3N7/c55-54(56,57)47-9-5-8-43(53(47)64-49-11-4-2-7-42(49)46-26-38(14-17-52(46)64)40-22-35(30-61)19-36(23-40)31-62)44-24-32(27-58)12-15-50(44)63-48-10-3-1-6-41(48)45-25-37(13-16-51(45)63)39-20-33(28-59)18-34(21-39)29-60/h1-26H. The molecule has 0 radical (unpaired) electrons. The third kappa shape index (κ3) is 6.26. The van der Waals surface area contributed by atoms with Crippen molar-refractivity contribution < 1.29 is 13.2 Å². The van der Waals surface area contributed by atoms with Gasteiger partial charge in [-0.05, 0) is 119 Å². The van der Waals surface area contributed by atoms with Crippen LogP contribution in [-0.2, 0) is 6.18 Å². The molecule has 7 nitrogen and oxygen atoms in total. The van der Waals surface area contributed by atoms with Crippen LogP contribution in [-0.4, -0.2) is 9.13 Å². The van der Waals surface area contributed by atoms with Crippen molar-refractivity contribution in [1.29, 1.82) is 26.3 Å². The molecule has 0 aliphatic heterocycles. The van der Waals surface area contributed by atoms with Gasteiger partial charge in [-0.2, -0.15) is 39.5 Å². The van der Waals surface area contributed by atoms with Crippen molar-refractivity contribution in [2.75, 3.05) is 0 Å². The Kier molecular flexibility index (Phi) is 9.06. The first-order valence-electron chi connectivity index (χ1n) is 19.9. The number of rotatable bonds is 5. The van der Waals surface area contributed by atoms with E-state index in [0.717, 1.165) is 33.4 Å². The van der Waals surface area contributed by atoms with Crippen LogP contribution in [0.4, 0.5) is 13.2 Å². The van der Waals surface area contributed by atoms with Crippen molar-refractivity contribution in [3.63, 3.8) is 0 Å². The van der Waals surface area contributed by atoms with E-state index in [1.54, 1.807) is 77.4 Å². The molecule has 0 aliphatic rings. The highest BCUT2D eigenvalue weighted by Gasteiger charge is 2.36. The molecule has 0 spiro atoms. The van der Waals surface area contributed by atoms with Gasteiger partial charge in [0.1, 0.15) is 0 Å². The van der Waals surface area contributed by atoms with Crippen LogP contribution in [0, 0.1) is 56.7 Å². The third-order valence-corrected chi connectivity index (χ3v) is 11.6. The quantitative estimate of drug-likeness (QED) is 0.171. The van der Waals surface area contributed by atoms with Gasteiger partial charge in [0, 0.05) is 32.7 Å². The van der Waals surface area contributed by atoms with E-state index in [-0.39, 0.29) is 16.8 Å². The minimum atomic E-state index is -4.81. The SMILES string of the molecule is N#Cc1cc(C#N)cc(-c2ccc3c(c2)c2ccccc2n3-c2ccc(C#N)cc2-c2cccc(C(F)(F)F)c2-n2c3ccccc3c3cc(-c4cc(C#N)cc(C#N)c4)ccc32)c1. The third-order valence-electron chi connectivity index (χ3n) is 11.6. The average molecular weight is 830 g/mol. The molecule has 0 saturated carbocycles. The highest BCUT2D eigenvalue weighted by molar-refractivity contribution is 6.13. The molecule has 0 unspecified atom stereocenters. The lowest BCUT2D eigenvalue weighted by molar-refractivity contribution is -0.137. The number of para-hydroxylation sites is 3. The van der Waals surface area contributed by atoms with Crippen molar-refractivity contribution >= 4 is 43.6 Å². The van der Waals surface area contributed by atoms with Crippen molar-refractivity contribution in [2.45, 2.75) is 6.18 Å². The summed E-state index contributed by atoms with van der Waals surface area (Å²) < 4.78 is 50.5. The largest absolute Gasteiger partial charge is 0.418 e. The van der Waals surface area contributed by atoms with Crippen LogP contribution in [0.15, 0.2) is 158 Å². The summed E-state index contributed by atoms with van der Waals surface area (Å²) in [7, 11) is 0. The number of halogens is 3. The normalized spacial score (nSPS) is 11.3. The fourth-order valence-electron chi connectivity index (χ4n) is 8.90. The highest BCUT2D eigenvalue weighted by Crippen LogP contribution is 2.46. The number of alkyl halides is 3. The van der Waals surface area contributed by atoms with E-state index >= 15 is 13.2 Å². The van der Waals surface area contributed by atoms with Gasteiger partial charge < -0.3 is 9.13 Å². The molecule has 8 aromatic carbocycles. The molecule has 10 aromatic rings. The van der Waals surface area contributed by atoms with Gasteiger partial charge in [0.05, 0.1) is 97.2 Å². The molecular weight excluding hydrogens is 804 g/mol. The molecule has 2 heterocycles. The van der Waals surface area contributed by atoms with Crippen LogP contribution in [0.3, 0.4) is 0 Å². The molecule has 0 bridgehead atoms. The van der Waals surface area contributed by atoms with Crippen LogP contribution in [0.25, 0.3) is 88.4 Å². The molecule has 0 atom stereocenters. The molecule has 0 amide bonds. The fraction of sp³-hybridized carbons (Fsp3) is 0.0185. The minimum absolute atomic E-state index is 0.128. The lowest BCUT2D eigenvalue weighted by atomic mass is 9.95. The van der Waals surface area contributed by atoms with Gasteiger partial charge in [-0.1, -0.05) is 60.7 Å². The Morgan fingerprint density at radius 3 is 1.33 bits per heavy atom. The summed E-state index contributed by atoms with van der Waals surface area (Å²) in [5.41, 5.74) is 6.94. The number of benzene rings is 8. The summed E-state index contributed by atoms with van der Waals surface area (Å²) in [6.45, 7) is 0. The Hall–Kier alpha value is -9.40. The molecule has 64 heavy (non-hydrogen) atoms. The second-order valence-corrected chi connectivity index (χ2v) is 15.3. The number of hydrogen-bond donors (Lipinski definition) is 0. The monoisotopic (exact) mass is 829 g/mol. The van der Waals surface area contributed by atoms with Crippen LogP contribution >= 0.6 is 0 Å². The molecular formula is C54H26F3N7. The van der Waals surface area contributed by atoms with E-state index in [9.17, 15) is 26.3 Å². The molecule has 10 rings (SSSR count). The lowest BCUT2D eigenvalue weighted by Crippen LogP contribution is -2.12. The fourth-order valence-corrected chi connectivity index (χ4v) is 8.90. The van der Waals surface area contributed by atoms with Gasteiger partial charge in [-0.3, -0.25) is 0 Å². The van der Waals surface area contributed by atoms with Crippen LogP contribution in [0.5, 0.6) is 0 Å². The number of nitriles is 5. The number of nitrogens with zero attached hydrogens (tertiary/aromatic N) is 7. The van der Waals surface area contributed by atoms with E-state index in [4.69, 9.17) is 0 Å². The van der Waals surface area contributed by atoms with E-state index in [1.165, 1.54) is 18.2 Å². The van der Waals surface area contributed by atoms with Crippen LogP contribution in [0.1, 0.15) is 33.4 Å². The first-order chi connectivity index (χ1) is 31.1. The zero-order valence-electron chi connectivity index (χ0n) is 33.3. The number of aromatic nitrogens is 2. The van der Waals surface area contributed by atoms with Gasteiger partial charge in [0.2, 0.25) is 0 Å². The van der Waals surface area contributed by atoms with Crippen molar-refractivity contribution in [3.8, 4) is 75.1 Å². The predicted molar refractivity (Wildman–Crippen MR) is 240 cm³/mol. The summed E-state index contributed by atoms with van der Waals surface area (Å²) in [4.78, 5) is 0. The number of fused-ring (bicyclic) bond motifs is 6. The van der Waals surface area contributed by atoms with Crippen molar-refractivity contribution in [3.05, 3.63) is 191 Å². The Balaban J connectivity index is 1.26. The molecule has 0 N–H and O–H groups in total. The highest BCUT2D eigenvalue weighted by atomic mass is 19.4. The van der Waals surface area contributed by atoms with Gasteiger partial charge in [-0.15, -0.1) is 0 Å². The lowest BCUT2D eigenvalue weighted by Gasteiger charge is -2.22. The minimum Gasteiger partial charge on any atom is -0.309 e. The molecule has 10 heteroatoms. The summed E-state index contributed by atoms with van der Waals surface area (Å²) in [5, 5.41) is 52.1. The zero-order chi connectivity index (χ0) is 44.3. The first-order valence-corrected chi connectivity index (χ1v) is 19.9. The molecule has 0 fully saturated rings. The topological polar surface area (TPSA) is 129 Å². The Morgan fingerprint density at radius 1 is 0.359 bits per heavy atom. The maximum atomic E-state index is 15.6. The van der Waals surface area contributed by atoms with Gasteiger partial charge in [-0.25, -0.2) is 0 Å². The summed E-state index contributed by atoms with van der Waals surface area (Å²) >= 11 is 0. The Morgan fingerprint density at radius 2 is 0.828 bits per heavy atom. The zero-order valence-corrected chi connectivity index (χ0v) is 33.3. The van der Waals surface area contributed by atoms with Crippen molar-refractivity contribution in [2.24, 2.45) is 0 Å². The van der Waals surface area contributed by atoms with Gasteiger partial charge >= 0.3 is 6.18 Å². The molecule has 0 aliphatic carbocycles. The van der Waals surface area contributed by atoms with E-state index in [2.05, 4.69) is 30.3 Å². The predicted octanol–water partition coefficient (Wildman–Crippen LogP) is 13.3. The second-order valence-electron chi connectivity index (χ2n) is 15.3. The van der Waals surface area contributed by atoms with Crippen LogP contribution in [0.2, 0.25) is 0 Å². The summed E-state index contributed by atoms with van der Waals surface area (Å²) in [5.74, 6) is 0. The maximum absolute atomic E-state index is 15.6. The summed E-state index contributed by atoms with van der Waals surface area (Å²) in [6, 6.07) is 55.7. The second kappa shape index (κ2) is 14.9.